The molecule has 112 valence electrons. The van der Waals surface area contributed by atoms with Gasteiger partial charge in [0.15, 0.2) is 0 Å². The number of carbonyl (C=O) groups is 1. The molecule has 1 aromatic rings. The molecule has 5 heteroatoms. The first-order valence-electron chi connectivity index (χ1n) is 6.76. The maximum Gasteiger partial charge on any atom is 0.248 e. The highest BCUT2D eigenvalue weighted by Gasteiger charge is 2.08. The molecular formula is C15H24N2O3. The quantitative estimate of drug-likeness (QED) is 0.725. The average molecular weight is 280 g/mol. The summed E-state index contributed by atoms with van der Waals surface area (Å²) in [5.41, 5.74) is 7.62. The Balaban J connectivity index is 2.30. The summed E-state index contributed by atoms with van der Waals surface area (Å²) in [5.74, 6) is 0.769. The minimum Gasteiger partial charge on any atom is -0.492 e. The topological polar surface area (TPSA) is 64.8 Å². The second-order valence-electron chi connectivity index (χ2n) is 4.83. The van der Waals surface area contributed by atoms with E-state index in [4.69, 9.17) is 15.2 Å². The normalized spacial score (nSPS) is 10.4. The van der Waals surface area contributed by atoms with Gasteiger partial charge < -0.3 is 20.1 Å². The van der Waals surface area contributed by atoms with E-state index < -0.39 is 0 Å². The molecule has 0 radical (unpaired) electrons. The van der Waals surface area contributed by atoms with E-state index in [0.29, 0.717) is 26.3 Å². The van der Waals surface area contributed by atoms with Crippen molar-refractivity contribution in [3.05, 3.63) is 29.3 Å². The van der Waals surface area contributed by atoms with E-state index in [2.05, 4.69) is 6.07 Å². The molecule has 5 nitrogen and oxygen atoms in total. The van der Waals surface area contributed by atoms with Crippen molar-refractivity contribution >= 4 is 5.91 Å². The molecule has 0 unspecified atom stereocenters. The Morgan fingerprint density at radius 2 is 1.85 bits per heavy atom. The Morgan fingerprint density at radius 3 is 2.45 bits per heavy atom. The molecule has 2 N–H and O–H groups in total. The standard InChI is InChI=1S/C15H24N2O3/c1-12-8-13(2)10-14(9-12)20-7-5-17(3)15(18)11-19-6-4-16/h8-10H,4-7,11,16H2,1-3H3. The highest BCUT2D eigenvalue weighted by molar-refractivity contribution is 5.77. The Labute approximate surface area is 120 Å². The van der Waals surface area contributed by atoms with Crippen LogP contribution >= 0.6 is 0 Å². The van der Waals surface area contributed by atoms with Crippen molar-refractivity contribution in [3.8, 4) is 5.75 Å². The zero-order chi connectivity index (χ0) is 15.0. The van der Waals surface area contributed by atoms with Crippen LogP contribution in [-0.4, -0.2) is 50.8 Å². The van der Waals surface area contributed by atoms with Crippen molar-refractivity contribution in [3.63, 3.8) is 0 Å². The fraction of sp³-hybridized carbons (Fsp3) is 0.533. The van der Waals surface area contributed by atoms with E-state index in [0.717, 1.165) is 5.75 Å². The van der Waals surface area contributed by atoms with Crippen molar-refractivity contribution in [2.45, 2.75) is 13.8 Å². The zero-order valence-electron chi connectivity index (χ0n) is 12.5. The van der Waals surface area contributed by atoms with Crippen LogP contribution in [-0.2, 0) is 9.53 Å². The van der Waals surface area contributed by atoms with Gasteiger partial charge in [-0.3, -0.25) is 4.79 Å². The van der Waals surface area contributed by atoms with Gasteiger partial charge in [-0.25, -0.2) is 0 Å². The van der Waals surface area contributed by atoms with Crippen molar-refractivity contribution < 1.29 is 14.3 Å². The molecule has 0 spiro atoms. The lowest BCUT2D eigenvalue weighted by atomic mass is 10.1. The van der Waals surface area contributed by atoms with Crippen molar-refractivity contribution in [2.24, 2.45) is 5.73 Å². The summed E-state index contributed by atoms with van der Waals surface area (Å²) < 4.78 is 10.8. The zero-order valence-corrected chi connectivity index (χ0v) is 12.5. The third-order valence-electron chi connectivity index (χ3n) is 2.80. The Kier molecular flexibility index (Phi) is 7.04. The fourth-order valence-electron chi connectivity index (χ4n) is 1.79. The van der Waals surface area contributed by atoms with Crippen LogP contribution in [0.4, 0.5) is 0 Å². The smallest absolute Gasteiger partial charge is 0.248 e. The molecule has 0 bridgehead atoms. The van der Waals surface area contributed by atoms with E-state index in [1.54, 1.807) is 11.9 Å². The van der Waals surface area contributed by atoms with Gasteiger partial charge in [-0.15, -0.1) is 0 Å². The summed E-state index contributed by atoms with van der Waals surface area (Å²) in [6, 6.07) is 6.07. The van der Waals surface area contributed by atoms with Gasteiger partial charge in [0.05, 0.1) is 13.2 Å². The predicted octanol–water partition coefficient (Wildman–Crippen LogP) is 1.12. The third kappa shape index (κ3) is 6.04. The number of ether oxygens (including phenoxy) is 2. The molecule has 0 atom stereocenters. The molecule has 0 aliphatic carbocycles. The number of benzene rings is 1. The summed E-state index contributed by atoms with van der Waals surface area (Å²) in [4.78, 5) is 13.3. The second kappa shape index (κ2) is 8.55. The van der Waals surface area contributed by atoms with Crippen molar-refractivity contribution in [1.82, 2.24) is 4.90 Å². The Bertz CT molecular complexity index is 415. The second-order valence-corrected chi connectivity index (χ2v) is 4.83. The van der Waals surface area contributed by atoms with Crippen LogP contribution in [0, 0.1) is 13.8 Å². The van der Waals surface area contributed by atoms with Gasteiger partial charge in [0.1, 0.15) is 19.0 Å². The number of nitrogens with two attached hydrogens (primary N) is 1. The van der Waals surface area contributed by atoms with Crippen LogP contribution < -0.4 is 10.5 Å². The maximum atomic E-state index is 11.7. The molecule has 0 saturated heterocycles. The molecule has 0 fully saturated rings. The number of aryl methyl sites for hydroxylation is 2. The first kappa shape index (κ1) is 16.5. The van der Waals surface area contributed by atoms with E-state index in [-0.39, 0.29) is 12.5 Å². The van der Waals surface area contributed by atoms with Gasteiger partial charge in [-0.1, -0.05) is 6.07 Å². The van der Waals surface area contributed by atoms with Crippen LogP contribution in [0.3, 0.4) is 0 Å². The molecule has 20 heavy (non-hydrogen) atoms. The summed E-state index contributed by atoms with van der Waals surface area (Å²) >= 11 is 0. The molecule has 0 saturated carbocycles. The number of hydrogen-bond acceptors (Lipinski definition) is 4. The Morgan fingerprint density at radius 1 is 1.20 bits per heavy atom. The third-order valence-corrected chi connectivity index (χ3v) is 2.80. The fourth-order valence-corrected chi connectivity index (χ4v) is 1.79. The molecule has 1 rings (SSSR count). The number of rotatable bonds is 8. The highest BCUT2D eigenvalue weighted by Crippen LogP contribution is 2.15. The van der Waals surface area contributed by atoms with Gasteiger partial charge in [0.2, 0.25) is 5.91 Å². The van der Waals surface area contributed by atoms with Crippen LogP contribution in [0.5, 0.6) is 5.75 Å². The van der Waals surface area contributed by atoms with Crippen molar-refractivity contribution in [2.75, 3.05) is 40.0 Å². The summed E-state index contributed by atoms with van der Waals surface area (Å²) in [5, 5.41) is 0. The average Bonchev–Trinajstić information content (AvgIpc) is 2.37. The molecular weight excluding hydrogens is 256 g/mol. The first-order valence-corrected chi connectivity index (χ1v) is 6.76. The van der Waals surface area contributed by atoms with Crippen LogP contribution in [0.25, 0.3) is 0 Å². The minimum absolute atomic E-state index is 0.0667. The van der Waals surface area contributed by atoms with E-state index >= 15 is 0 Å². The van der Waals surface area contributed by atoms with Gasteiger partial charge in [0.25, 0.3) is 0 Å². The molecule has 0 heterocycles. The Hall–Kier alpha value is -1.59. The first-order chi connectivity index (χ1) is 9.52. The lowest BCUT2D eigenvalue weighted by Crippen LogP contribution is -2.34. The SMILES string of the molecule is Cc1cc(C)cc(OCCN(C)C(=O)COCCN)c1. The number of nitrogens with zero attached hydrogens (tertiary/aromatic N) is 1. The van der Waals surface area contributed by atoms with Gasteiger partial charge in [-0.05, 0) is 37.1 Å². The lowest BCUT2D eigenvalue weighted by molar-refractivity contribution is -0.135. The highest BCUT2D eigenvalue weighted by atomic mass is 16.5. The van der Waals surface area contributed by atoms with Crippen LogP contribution in [0.15, 0.2) is 18.2 Å². The predicted molar refractivity (Wildman–Crippen MR) is 78.9 cm³/mol. The minimum atomic E-state index is -0.0672. The van der Waals surface area contributed by atoms with Crippen molar-refractivity contribution in [1.29, 1.82) is 0 Å². The van der Waals surface area contributed by atoms with E-state index in [1.165, 1.54) is 11.1 Å². The summed E-state index contributed by atoms with van der Waals surface area (Å²) in [6.45, 7) is 5.94. The van der Waals surface area contributed by atoms with E-state index in [1.807, 2.05) is 26.0 Å². The maximum absolute atomic E-state index is 11.7. The molecule has 1 aromatic carbocycles. The van der Waals surface area contributed by atoms with Gasteiger partial charge in [-0.2, -0.15) is 0 Å². The van der Waals surface area contributed by atoms with Gasteiger partial charge >= 0.3 is 0 Å². The van der Waals surface area contributed by atoms with Gasteiger partial charge in [0, 0.05) is 13.6 Å². The number of hydrogen-bond donors (Lipinski definition) is 1. The van der Waals surface area contributed by atoms with Crippen LogP contribution in [0.2, 0.25) is 0 Å². The number of amides is 1. The number of carbonyl (C=O) groups excluding carboxylic acids is 1. The molecule has 0 aliphatic heterocycles. The summed E-state index contributed by atoms with van der Waals surface area (Å²) in [7, 11) is 1.74. The monoisotopic (exact) mass is 280 g/mol. The number of likely N-dealkylation sites (N-methyl/N-ethyl adjacent to an activating group) is 1. The van der Waals surface area contributed by atoms with Crippen LogP contribution in [0.1, 0.15) is 11.1 Å². The summed E-state index contributed by atoms with van der Waals surface area (Å²) in [6.07, 6.45) is 0. The molecule has 0 aliphatic rings. The molecule has 0 aromatic heterocycles. The lowest BCUT2D eigenvalue weighted by Gasteiger charge is -2.17. The molecule has 1 amide bonds. The van der Waals surface area contributed by atoms with E-state index in [9.17, 15) is 4.79 Å². The largest absolute Gasteiger partial charge is 0.492 e.